The molecule has 0 aliphatic carbocycles. The number of nitrogens with one attached hydrogen (secondary N) is 1. The monoisotopic (exact) mass is 391 g/mol. The summed E-state index contributed by atoms with van der Waals surface area (Å²) in [6.45, 7) is 7.07. The Morgan fingerprint density at radius 3 is 2.65 bits per heavy atom. The molecule has 0 unspecified atom stereocenters. The van der Waals surface area contributed by atoms with Crippen molar-refractivity contribution in [2.24, 2.45) is 16.6 Å². The van der Waals surface area contributed by atoms with Gasteiger partial charge in [-0.1, -0.05) is 44.2 Å². The first-order valence-electron chi connectivity index (χ1n) is 6.84. The third-order valence-corrected chi connectivity index (χ3v) is 2.65. The zero-order chi connectivity index (χ0) is 13.9. The Morgan fingerprint density at radius 1 is 1.30 bits per heavy atom. The molecule has 0 fully saturated rings. The van der Waals surface area contributed by atoms with Gasteiger partial charge in [0.05, 0.1) is 13.2 Å². The van der Waals surface area contributed by atoms with Gasteiger partial charge in [0.15, 0.2) is 5.96 Å². The van der Waals surface area contributed by atoms with Gasteiger partial charge < -0.3 is 15.8 Å². The second kappa shape index (κ2) is 12.0. The first-order valence-corrected chi connectivity index (χ1v) is 6.84. The minimum absolute atomic E-state index is 0. The van der Waals surface area contributed by atoms with Crippen molar-refractivity contribution in [2.75, 3.05) is 19.7 Å². The zero-order valence-corrected chi connectivity index (χ0v) is 14.7. The fraction of sp³-hybridized carbons (Fsp3) is 0.533. The molecule has 0 aliphatic rings. The zero-order valence-electron chi connectivity index (χ0n) is 12.3. The predicted molar refractivity (Wildman–Crippen MR) is 95.5 cm³/mol. The van der Waals surface area contributed by atoms with Gasteiger partial charge in [-0.05, 0) is 17.9 Å². The average molecular weight is 391 g/mol. The van der Waals surface area contributed by atoms with Crippen LogP contribution in [0.4, 0.5) is 0 Å². The summed E-state index contributed by atoms with van der Waals surface area (Å²) in [7, 11) is 0. The van der Waals surface area contributed by atoms with Gasteiger partial charge >= 0.3 is 0 Å². The summed E-state index contributed by atoms with van der Waals surface area (Å²) in [5.74, 6) is 1.16. The molecule has 0 saturated carbocycles. The van der Waals surface area contributed by atoms with Crippen LogP contribution in [-0.2, 0) is 11.3 Å². The molecule has 0 aliphatic heterocycles. The largest absolute Gasteiger partial charge is 0.375 e. The summed E-state index contributed by atoms with van der Waals surface area (Å²) in [5, 5.41) is 3.05. The predicted octanol–water partition coefficient (Wildman–Crippen LogP) is 2.77. The lowest BCUT2D eigenvalue weighted by Gasteiger charge is -2.07. The number of hydrogen-bond donors (Lipinski definition) is 2. The molecule has 0 aromatic heterocycles. The quantitative estimate of drug-likeness (QED) is 0.310. The second-order valence-electron chi connectivity index (χ2n) is 4.91. The van der Waals surface area contributed by atoms with Gasteiger partial charge in [-0.3, -0.25) is 4.99 Å². The Morgan fingerprint density at radius 2 is 2.00 bits per heavy atom. The topological polar surface area (TPSA) is 59.6 Å². The molecular formula is C15H26IN3O. The van der Waals surface area contributed by atoms with Crippen LogP contribution >= 0.6 is 24.0 Å². The summed E-state index contributed by atoms with van der Waals surface area (Å²) in [5.41, 5.74) is 6.92. The minimum atomic E-state index is 0. The van der Waals surface area contributed by atoms with E-state index in [2.05, 4.69) is 36.3 Å². The molecule has 0 bridgehead atoms. The Labute approximate surface area is 139 Å². The number of halogens is 1. The van der Waals surface area contributed by atoms with E-state index in [4.69, 9.17) is 10.5 Å². The van der Waals surface area contributed by atoms with Crippen molar-refractivity contribution in [3.05, 3.63) is 35.9 Å². The van der Waals surface area contributed by atoms with E-state index in [0.717, 1.165) is 13.0 Å². The standard InChI is InChI=1S/C15H25N3O.HI/c1-13(2)8-9-17-15(16)18-10-11-19-12-14-6-4-3-5-7-14;/h3-7,13H,8-12H2,1-2H3,(H3,16,17,18);1H. The van der Waals surface area contributed by atoms with Gasteiger partial charge in [-0.2, -0.15) is 0 Å². The van der Waals surface area contributed by atoms with E-state index in [-0.39, 0.29) is 24.0 Å². The molecule has 0 radical (unpaired) electrons. The van der Waals surface area contributed by atoms with E-state index < -0.39 is 0 Å². The second-order valence-corrected chi connectivity index (χ2v) is 4.91. The van der Waals surface area contributed by atoms with Crippen LogP contribution in [0.2, 0.25) is 0 Å². The van der Waals surface area contributed by atoms with Crippen LogP contribution in [0.25, 0.3) is 0 Å². The molecule has 3 N–H and O–H groups in total. The molecule has 20 heavy (non-hydrogen) atoms. The first-order chi connectivity index (χ1) is 9.18. The lowest BCUT2D eigenvalue weighted by atomic mass is 10.1. The van der Waals surface area contributed by atoms with Gasteiger partial charge in [-0.25, -0.2) is 0 Å². The van der Waals surface area contributed by atoms with E-state index in [1.165, 1.54) is 5.56 Å². The van der Waals surface area contributed by atoms with E-state index in [1.807, 2.05) is 18.2 Å². The third-order valence-electron chi connectivity index (χ3n) is 2.65. The van der Waals surface area contributed by atoms with E-state index >= 15 is 0 Å². The van der Waals surface area contributed by atoms with Crippen molar-refractivity contribution in [1.82, 2.24) is 5.32 Å². The molecule has 5 heteroatoms. The average Bonchev–Trinajstić information content (AvgIpc) is 2.39. The number of rotatable bonds is 8. The molecular weight excluding hydrogens is 365 g/mol. The first kappa shape index (κ1) is 19.2. The summed E-state index contributed by atoms with van der Waals surface area (Å²) in [4.78, 5) is 4.25. The van der Waals surface area contributed by atoms with Crippen LogP contribution in [-0.4, -0.2) is 25.7 Å². The highest BCUT2D eigenvalue weighted by atomic mass is 127. The Kier molecular flexibility index (Phi) is 11.5. The Bertz CT molecular complexity index is 369. The number of guanidine groups is 1. The summed E-state index contributed by atoms with van der Waals surface area (Å²) >= 11 is 0. The van der Waals surface area contributed by atoms with Crippen molar-refractivity contribution >= 4 is 29.9 Å². The van der Waals surface area contributed by atoms with Crippen molar-refractivity contribution in [3.63, 3.8) is 0 Å². The summed E-state index contributed by atoms with van der Waals surface area (Å²) in [6, 6.07) is 10.1. The molecule has 114 valence electrons. The van der Waals surface area contributed by atoms with Crippen LogP contribution in [0.5, 0.6) is 0 Å². The fourth-order valence-corrected chi connectivity index (χ4v) is 1.51. The SMILES string of the molecule is CC(C)CCN=C(N)NCCOCc1ccccc1.I. The maximum Gasteiger partial charge on any atom is 0.188 e. The maximum atomic E-state index is 5.74. The van der Waals surface area contributed by atoms with Crippen LogP contribution in [0.1, 0.15) is 25.8 Å². The van der Waals surface area contributed by atoms with Gasteiger partial charge in [0.2, 0.25) is 0 Å². The molecule has 4 nitrogen and oxygen atoms in total. The highest BCUT2D eigenvalue weighted by Crippen LogP contribution is 2.00. The van der Waals surface area contributed by atoms with Crippen molar-refractivity contribution in [1.29, 1.82) is 0 Å². The molecule has 1 aromatic carbocycles. The van der Waals surface area contributed by atoms with Crippen molar-refractivity contribution in [3.8, 4) is 0 Å². The third kappa shape index (κ3) is 10.0. The van der Waals surface area contributed by atoms with Crippen LogP contribution < -0.4 is 11.1 Å². The highest BCUT2D eigenvalue weighted by molar-refractivity contribution is 14.0. The summed E-state index contributed by atoms with van der Waals surface area (Å²) < 4.78 is 5.54. The number of ether oxygens (including phenoxy) is 1. The molecule has 0 spiro atoms. The van der Waals surface area contributed by atoms with Crippen molar-refractivity contribution < 1.29 is 4.74 Å². The lowest BCUT2D eigenvalue weighted by molar-refractivity contribution is 0.125. The Hall–Kier alpha value is -0.820. The molecule has 1 aromatic rings. The maximum absolute atomic E-state index is 5.74. The van der Waals surface area contributed by atoms with E-state index in [1.54, 1.807) is 0 Å². The molecule has 0 atom stereocenters. The smallest absolute Gasteiger partial charge is 0.188 e. The number of nitrogens with two attached hydrogens (primary N) is 1. The van der Waals surface area contributed by atoms with Gasteiger partial charge in [0, 0.05) is 13.1 Å². The van der Waals surface area contributed by atoms with Crippen LogP contribution in [0, 0.1) is 5.92 Å². The molecule has 0 amide bonds. The number of nitrogens with zero attached hydrogens (tertiary/aromatic N) is 1. The fourth-order valence-electron chi connectivity index (χ4n) is 1.51. The molecule has 0 saturated heterocycles. The van der Waals surface area contributed by atoms with Crippen LogP contribution in [0.3, 0.4) is 0 Å². The van der Waals surface area contributed by atoms with Crippen LogP contribution in [0.15, 0.2) is 35.3 Å². The van der Waals surface area contributed by atoms with E-state index in [0.29, 0.717) is 31.6 Å². The normalized spacial score (nSPS) is 11.2. The summed E-state index contributed by atoms with van der Waals surface area (Å²) in [6.07, 6.45) is 1.06. The number of aliphatic imine (C=N–C) groups is 1. The van der Waals surface area contributed by atoms with Gasteiger partial charge in [0.25, 0.3) is 0 Å². The lowest BCUT2D eigenvalue weighted by Crippen LogP contribution is -2.34. The van der Waals surface area contributed by atoms with Gasteiger partial charge in [0.1, 0.15) is 0 Å². The minimum Gasteiger partial charge on any atom is -0.375 e. The number of hydrogen-bond acceptors (Lipinski definition) is 2. The highest BCUT2D eigenvalue weighted by Gasteiger charge is 1.95. The van der Waals surface area contributed by atoms with Crippen molar-refractivity contribution in [2.45, 2.75) is 26.9 Å². The number of benzene rings is 1. The molecule has 1 rings (SSSR count). The molecule has 0 heterocycles. The Balaban J connectivity index is 0.00000361. The van der Waals surface area contributed by atoms with E-state index in [9.17, 15) is 0 Å². The van der Waals surface area contributed by atoms with Gasteiger partial charge in [-0.15, -0.1) is 24.0 Å².